The number of carbonyl (C=O) groups is 3. The first-order valence-corrected chi connectivity index (χ1v) is 11.1. The van der Waals surface area contributed by atoms with Gasteiger partial charge in [-0.05, 0) is 37.0 Å². The van der Waals surface area contributed by atoms with Crippen molar-refractivity contribution in [3.63, 3.8) is 0 Å². The van der Waals surface area contributed by atoms with E-state index in [9.17, 15) is 19.5 Å². The van der Waals surface area contributed by atoms with Gasteiger partial charge >= 0.3 is 11.9 Å². The van der Waals surface area contributed by atoms with Crippen molar-refractivity contribution < 1.29 is 43.2 Å². The Labute approximate surface area is 203 Å². The van der Waals surface area contributed by atoms with E-state index in [1.54, 1.807) is 13.8 Å². The Morgan fingerprint density at radius 1 is 1.09 bits per heavy atom. The first-order chi connectivity index (χ1) is 16.7. The van der Waals surface area contributed by atoms with Gasteiger partial charge in [0.2, 0.25) is 5.75 Å². The highest BCUT2D eigenvalue weighted by molar-refractivity contribution is 6.12. The molecule has 0 amide bonds. The van der Waals surface area contributed by atoms with E-state index in [1.807, 2.05) is 0 Å². The quantitative estimate of drug-likeness (QED) is 0.318. The Balaban J connectivity index is 2.23. The fourth-order valence-corrected chi connectivity index (χ4v) is 4.66. The zero-order chi connectivity index (χ0) is 25.9. The molecule has 10 nitrogen and oxygen atoms in total. The zero-order valence-corrected chi connectivity index (χ0v) is 20.7. The number of phenolic OH excluding ortho intramolecular Hbond substituents is 1. The SMILES string of the molecule is COCCOC(=O)C1=C(C)NC2=C(C(=O)[C@H](C(=O)OC)[C@@H](C)C2)[C@@H]1c1cc(OC)c(O)c(OC)c1. The summed E-state index contributed by atoms with van der Waals surface area (Å²) in [6.07, 6.45) is 0.396. The molecule has 35 heavy (non-hydrogen) atoms. The van der Waals surface area contributed by atoms with Gasteiger partial charge in [-0.3, -0.25) is 9.59 Å². The van der Waals surface area contributed by atoms with Crippen LogP contribution in [0.1, 0.15) is 31.7 Å². The van der Waals surface area contributed by atoms with Crippen LogP contribution in [0.4, 0.5) is 0 Å². The number of dihydropyridines is 1. The van der Waals surface area contributed by atoms with Crippen molar-refractivity contribution in [2.24, 2.45) is 11.8 Å². The zero-order valence-electron chi connectivity index (χ0n) is 20.7. The highest BCUT2D eigenvalue weighted by atomic mass is 16.6. The Hall–Kier alpha value is -3.53. The molecule has 3 atom stereocenters. The fraction of sp³-hybridized carbons (Fsp3) is 0.480. The van der Waals surface area contributed by atoms with Crippen LogP contribution in [-0.4, -0.2) is 64.5 Å². The lowest BCUT2D eigenvalue weighted by Gasteiger charge is -2.38. The van der Waals surface area contributed by atoms with Gasteiger partial charge in [0.05, 0.1) is 33.5 Å². The number of benzene rings is 1. The minimum atomic E-state index is -1.02. The van der Waals surface area contributed by atoms with Crippen LogP contribution in [0.15, 0.2) is 34.7 Å². The van der Waals surface area contributed by atoms with Crippen molar-refractivity contribution in [1.82, 2.24) is 5.32 Å². The molecule has 0 aromatic heterocycles. The van der Waals surface area contributed by atoms with Crippen molar-refractivity contribution in [1.29, 1.82) is 0 Å². The molecule has 190 valence electrons. The summed E-state index contributed by atoms with van der Waals surface area (Å²) < 4.78 is 25.9. The van der Waals surface area contributed by atoms with Gasteiger partial charge in [0, 0.05) is 30.0 Å². The molecule has 0 fully saturated rings. The Morgan fingerprint density at radius 2 is 1.71 bits per heavy atom. The molecule has 2 aliphatic rings. The van der Waals surface area contributed by atoms with Crippen molar-refractivity contribution in [3.05, 3.63) is 40.2 Å². The molecule has 1 aromatic carbocycles. The average molecular weight is 490 g/mol. The van der Waals surface area contributed by atoms with Crippen molar-refractivity contribution in [2.75, 3.05) is 41.7 Å². The highest BCUT2D eigenvalue weighted by Gasteiger charge is 2.47. The van der Waals surface area contributed by atoms with Crippen LogP contribution < -0.4 is 14.8 Å². The number of allylic oxidation sites excluding steroid dienone is 3. The lowest BCUT2D eigenvalue weighted by atomic mass is 9.69. The standard InChI is InChI=1S/C25H31NO9/c1-12-9-15-21(23(28)18(12)24(29)34-6)20(14-10-16(32-4)22(27)17(11-14)33-5)19(13(2)26-15)25(30)35-8-7-31-3/h10-12,18,20,26-27H,7-9H2,1-6H3/t12-,18+,20+/m0/s1. The van der Waals surface area contributed by atoms with Gasteiger partial charge in [-0.2, -0.15) is 0 Å². The van der Waals surface area contributed by atoms with E-state index in [-0.39, 0.29) is 47.5 Å². The molecule has 1 aliphatic heterocycles. The Bertz CT molecular complexity index is 1060. The number of nitrogens with one attached hydrogen (secondary N) is 1. The molecule has 1 aromatic rings. The maximum atomic E-state index is 13.8. The van der Waals surface area contributed by atoms with E-state index in [0.717, 1.165) is 0 Å². The highest BCUT2D eigenvalue weighted by Crippen LogP contribution is 2.48. The fourth-order valence-electron chi connectivity index (χ4n) is 4.66. The summed E-state index contributed by atoms with van der Waals surface area (Å²) >= 11 is 0. The number of ether oxygens (including phenoxy) is 5. The second-order valence-corrected chi connectivity index (χ2v) is 8.44. The molecule has 1 aliphatic carbocycles. The van der Waals surface area contributed by atoms with E-state index < -0.39 is 29.6 Å². The third-order valence-corrected chi connectivity index (χ3v) is 6.32. The van der Waals surface area contributed by atoms with Crippen LogP contribution in [0.5, 0.6) is 17.2 Å². The molecule has 10 heteroatoms. The van der Waals surface area contributed by atoms with Gasteiger partial charge < -0.3 is 34.1 Å². The van der Waals surface area contributed by atoms with Crippen LogP contribution in [0, 0.1) is 11.8 Å². The van der Waals surface area contributed by atoms with E-state index in [4.69, 9.17) is 23.7 Å². The molecule has 0 radical (unpaired) electrons. The number of hydrogen-bond acceptors (Lipinski definition) is 10. The van der Waals surface area contributed by atoms with Gasteiger partial charge in [0.1, 0.15) is 12.5 Å². The first-order valence-electron chi connectivity index (χ1n) is 11.1. The number of aromatic hydroxyl groups is 1. The van der Waals surface area contributed by atoms with E-state index in [2.05, 4.69) is 5.32 Å². The number of phenols is 1. The number of ketones is 1. The van der Waals surface area contributed by atoms with Gasteiger partial charge in [0.25, 0.3) is 0 Å². The number of Topliss-reactive ketones (excluding diaryl/α,β-unsaturated/α-hetero) is 1. The summed E-state index contributed by atoms with van der Waals surface area (Å²) in [6, 6.07) is 3.07. The van der Waals surface area contributed by atoms with Crippen LogP contribution in [0.25, 0.3) is 0 Å². The van der Waals surface area contributed by atoms with Gasteiger partial charge in [-0.15, -0.1) is 0 Å². The maximum absolute atomic E-state index is 13.8. The number of hydrogen-bond donors (Lipinski definition) is 2. The molecule has 0 saturated heterocycles. The average Bonchev–Trinajstić information content (AvgIpc) is 2.83. The molecule has 0 bridgehead atoms. The van der Waals surface area contributed by atoms with E-state index in [1.165, 1.54) is 40.6 Å². The lowest BCUT2D eigenvalue weighted by Crippen LogP contribution is -2.43. The second kappa shape index (κ2) is 10.8. The monoisotopic (exact) mass is 489 g/mol. The largest absolute Gasteiger partial charge is 0.502 e. The van der Waals surface area contributed by atoms with Gasteiger partial charge in [-0.25, -0.2) is 4.79 Å². The third kappa shape index (κ3) is 4.84. The molecule has 3 rings (SSSR count). The number of rotatable bonds is 8. The number of methoxy groups -OCH3 is 4. The molecule has 1 heterocycles. The maximum Gasteiger partial charge on any atom is 0.336 e. The molecular formula is C25H31NO9. The van der Waals surface area contributed by atoms with Gasteiger partial charge in [-0.1, -0.05) is 6.92 Å². The second-order valence-electron chi connectivity index (χ2n) is 8.44. The van der Waals surface area contributed by atoms with Crippen molar-refractivity contribution >= 4 is 17.7 Å². The van der Waals surface area contributed by atoms with Crippen LogP contribution in [0.2, 0.25) is 0 Å². The predicted octanol–water partition coefficient (Wildman–Crippen LogP) is 2.21. The first kappa shape index (κ1) is 26.1. The normalized spacial score (nSPS) is 21.8. The summed E-state index contributed by atoms with van der Waals surface area (Å²) in [5.41, 5.74) is 2.04. The summed E-state index contributed by atoms with van der Waals surface area (Å²) in [6.45, 7) is 3.74. The van der Waals surface area contributed by atoms with Crippen LogP contribution in [-0.2, 0) is 28.6 Å². The Morgan fingerprint density at radius 3 is 2.26 bits per heavy atom. The van der Waals surface area contributed by atoms with Crippen LogP contribution in [0.3, 0.4) is 0 Å². The van der Waals surface area contributed by atoms with Gasteiger partial charge in [0.15, 0.2) is 17.3 Å². The van der Waals surface area contributed by atoms with Crippen molar-refractivity contribution in [3.8, 4) is 17.2 Å². The minimum absolute atomic E-state index is 0.0166. The Kier molecular flexibility index (Phi) is 8.06. The number of esters is 2. The third-order valence-electron chi connectivity index (χ3n) is 6.32. The summed E-state index contributed by atoms with van der Waals surface area (Å²) in [4.78, 5) is 39.5. The number of carbonyl (C=O) groups excluding carboxylic acids is 3. The lowest BCUT2D eigenvalue weighted by molar-refractivity contribution is -0.151. The molecular weight excluding hydrogens is 458 g/mol. The van der Waals surface area contributed by atoms with E-state index in [0.29, 0.717) is 23.4 Å². The molecule has 2 N–H and O–H groups in total. The van der Waals surface area contributed by atoms with E-state index >= 15 is 0 Å². The van der Waals surface area contributed by atoms with Crippen molar-refractivity contribution in [2.45, 2.75) is 26.2 Å². The molecule has 0 spiro atoms. The predicted molar refractivity (Wildman–Crippen MR) is 124 cm³/mol. The topological polar surface area (TPSA) is 130 Å². The molecule has 0 saturated carbocycles. The smallest absolute Gasteiger partial charge is 0.336 e. The van der Waals surface area contributed by atoms with Crippen LogP contribution >= 0.6 is 0 Å². The summed E-state index contributed by atoms with van der Waals surface area (Å²) in [5.74, 6) is -3.97. The summed E-state index contributed by atoms with van der Waals surface area (Å²) in [7, 11) is 5.49. The summed E-state index contributed by atoms with van der Waals surface area (Å²) in [5, 5.41) is 13.6. The minimum Gasteiger partial charge on any atom is -0.502 e. The molecule has 0 unspecified atom stereocenters.